The molecule has 0 saturated carbocycles. The maximum absolute atomic E-state index is 14.7. The standard InChI is InChI=1S/C20H21ClFN5O5S/c1-23-20(31)26-14(9-24-19(30)15-4-5-16(21)33-15)18(29)25-13-3-2-11(8-12(13)22)27-6-7-32-10-17(27)28/h2-5,8,14H,6-7,9-10H2,1H3,(H,24,30)(H,25,29)(H2,23,26,31)/t14-/m0/s1. The van der Waals surface area contributed by atoms with Gasteiger partial charge in [-0.15, -0.1) is 11.3 Å². The largest absolute Gasteiger partial charge is 0.370 e. The van der Waals surface area contributed by atoms with Gasteiger partial charge < -0.3 is 30.9 Å². The number of halogens is 2. The van der Waals surface area contributed by atoms with E-state index >= 15 is 0 Å². The molecule has 1 saturated heterocycles. The summed E-state index contributed by atoms with van der Waals surface area (Å²) in [6, 6.07) is 5.15. The van der Waals surface area contributed by atoms with Crippen molar-refractivity contribution in [2.75, 3.05) is 43.6 Å². The summed E-state index contributed by atoms with van der Waals surface area (Å²) in [6.07, 6.45) is 0. The van der Waals surface area contributed by atoms with Crippen molar-refractivity contribution < 1.29 is 28.3 Å². The molecule has 5 amide bonds. The predicted octanol–water partition coefficient (Wildman–Crippen LogP) is 1.57. The lowest BCUT2D eigenvalue weighted by Gasteiger charge is -2.27. The third kappa shape index (κ3) is 6.40. The molecule has 33 heavy (non-hydrogen) atoms. The van der Waals surface area contributed by atoms with Crippen LogP contribution in [-0.2, 0) is 14.3 Å². The highest BCUT2D eigenvalue weighted by atomic mass is 35.5. The van der Waals surface area contributed by atoms with Gasteiger partial charge >= 0.3 is 6.03 Å². The van der Waals surface area contributed by atoms with Gasteiger partial charge in [0.1, 0.15) is 18.5 Å². The van der Waals surface area contributed by atoms with Crippen molar-refractivity contribution in [1.29, 1.82) is 0 Å². The number of hydrogen-bond acceptors (Lipinski definition) is 6. The van der Waals surface area contributed by atoms with Crippen LogP contribution in [0.5, 0.6) is 0 Å². The molecule has 0 bridgehead atoms. The second kappa shape index (κ2) is 11.1. The van der Waals surface area contributed by atoms with Crippen LogP contribution in [0.3, 0.4) is 0 Å². The van der Waals surface area contributed by atoms with E-state index in [1.807, 2.05) is 0 Å². The summed E-state index contributed by atoms with van der Waals surface area (Å²) in [5.41, 5.74) is 0.185. The van der Waals surface area contributed by atoms with E-state index in [0.717, 1.165) is 17.4 Å². The average Bonchev–Trinajstić information content (AvgIpc) is 3.24. The highest BCUT2D eigenvalue weighted by Gasteiger charge is 2.24. The summed E-state index contributed by atoms with van der Waals surface area (Å²) in [5, 5.41) is 9.65. The van der Waals surface area contributed by atoms with E-state index in [-0.39, 0.29) is 31.3 Å². The quantitative estimate of drug-likeness (QED) is 0.461. The maximum atomic E-state index is 14.7. The molecule has 0 spiro atoms. The van der Waals surface area contributed by atoms with Gasteiger partial charge in [-0.2, -0.15) is 0 Å². The van der Waals surface area contributed by atoms with Crippen LogP contribution in [0.2, 0.25) is 4.34 Å². The van der Waals surface area contributed by atoms with E-state index in [0.29, 0.717) is 21.5 Å². The molecule has 10 nitrogen and oxygen atoms in total. The van der Waals surface area contributed by atoms with Crippen molar-refractivity contribution in [2.24, 2.45) is 0 Å². The van der Waals surface area contributed by atoms with Gasteiger partial charge in [-0.3, -0.25) is 14.4 Å². The normalized spacial score (nSPS) is 14.4. The number of urea groups is 1. The number of nitrogens with zero attached hydrogens (tertiary/aromatic N) is 1. The van der Waals surface area contributed by atoms with Crippen molar-refractivity contribution in [3.8, 4) is 0 Å². The summed E-state index contributed by atoms with van der Waals surface area (Å²) in [6.45, 7) is 0.283. The molecule has 0 radical (unpaired) electrons. The van der Waals surface area contributed by atoms with Crippen molar-refractivity contribution in [2.45, 2.75) is 6.04 Å². The molecular formula is C20H21ClFN5O5S. The number of carbonyl (C=O) groups excluding carboxylic acids is 4. The van der Waals surface area contributed by atoms with E-state index in [1.165, 1.54) is 30.1 Å². The molecular weight excluding hydrogens is 477 g/mol. The lowest BCUT2D eigenvalue weighted by Crippen LogP contribution is -2.52. The molecule has 1 aliphatic heterocycles. The molecule has 1 aromatic carbocycles. The molecule has 13 heteroatoms. The second-order valence-corrected chi connectivity index (χ2v) is 8.56. The van der Waals surface area contributed by atoms with Crippen molar-refractivity contribution in [3.05, 3.63) is 45.4 Å². The first-order valence-corrected chi connectivity index (χ1v) is 11.0. The Labute approximate surface area is 197 Å². The topological polar surface area (TPSA) is 129 Å². The third-order valence-electron chi connectivity index (χ3n) is 4.62. The Hall–Kier alpha value is -3.22. The van der Waals surface area contributed by atoms with Gasteiger partial charge in [-0.25, -0.2) is 9.18 Å². The van der Waals surface area contributed by atoms with E-state index in [2.05, 4.69) is 21.3 Å². The Bertz CT molecular complexity index is 1070. The summed E-state index contributed by atoms with van der Waals surface area (Å²) in [5.74, 6) is -2.29. The SMILES string of the molecule is CNC(=O)N[C@@H](CNC(=O)c1ccc(Cl)s1)C(=O)Nc1ccc(N2CCOCC2=O)cc1F. The first-order valence-electron chi connectivity index (χ1n) is 9.78. The predicted molar refractivity (Wildman–Crippen MR) is 121 cm³/mol. The zero-order valence-electron chi connectivity index (χ0n) is 17.4. The number of rotatable bonds is 7. The molecule has 1 aliphatic rings. The van der Waals surface area contributed by atoms with Gasteiger partial charge in [-0.1, -0.05) is 11.6 Å². The average molecular weight is 498 g/mol. The van der Waals surface area contributed by atoms with Crippen LogP contribution in [0.1, 0.15) is 9.67 Å². The second-order valence-electron chi connectivity index (χ2n) is 6.84. The van der Waals surface area contributed by atoms with Crippen LogP contribution < -0.4 is 26.2 Å². The minimum absolute atomic E-state index is 0.0870. The molecule has 2 aromatic rings. The fourth-order valence-electron chi connectivity index (χ4n) is 2.94. The lowest BCUT2D eigenvalue weighted by molar-refractivity contribution is -0.125. The molecule has 0 unspecified atom stereocenters. The molecule has 3 rings (SSSR count). The first-order chi connectivity index (χ1) is 15.8. The Morgan fingerprint density at radius 3 is 2.70 bits per heavy atom. The van der Waals surface area contributed by atoms with E-state index in [9.17, 15) is 23.6 Å². The number of amides is 5. The first kappa shape index (κ1) is 24.4. The summed E-state index contributed by atoms with van der Waals surface area (Å²) in [7, 11) is 1.36. The number of ether oxygens (including phenoxy) is 1. The Morgan fingerprint density at radius 1 is 1.27 bits per heavy atom. The van der Waals surface area contributed by atoms with E-state index in [4.69, 9.17) is 16.3 Å². The smallest absolute Gasteiger partial charge is 0.315 e. The van der Waals surface area contributed by atoms with Gasteiger partial charge in [-0.05, 0) is 30.3 Å². The fraction of sp³-hybridized carbons (Fsp3) is 0.300. The highest BCUT2D eigenvalue weighted by molar-refractivity contribution is 7.18. The van der Waals surface area contributed by atoms with E-state index in [1.54, 1.807) is 6.07 Å². The Kier molecular flexibility index (Phi) is 8.20. The maximum Gasteiger partial charge on any atom is 0.315 e. The number of nitrogens with one attached hydrogen (secondary N) is 4. The minimum atomic E-state index is -1.20. The molecule has 1 aromatic heterocycles. The van der Waals surface area contributed by atoms with Crippen LogP contribution in [-0.4, -0.2) is 63.1 Å². The number of benzene rings is 1. The number of carbonyl (C=O) groups is 4. The number of hydrogen-bond donors (Lipinski definition) is 4. The Balaban J connectivity index is 1.68. The number of morpholine rings is 1. The van der Waals surface area contributed by atoms with Crippen molar-refractivity contribution >= 4 is 58.1 Å². The van der Waals surface area contributed by atoms with Crippen LogP contribution >= 0.6 is 22.9 Å². The zero-order chi connectivity index (χ0) is 24.0. The zero-order valence-corrected chi connectivity index (χ0v) is 19.0. The van der Waals surface area contributed by atoms with Gasteiger partial charge in [0.2, 0.25) is 5.91 Å². The fourth-order valence-corrected chi connectivity index (χ4v) is 3.90. The molecule has 1 atom stereocenters. The van der Waals surface area contributed by atoms with Gasteiger partial charge in [0.25, 0.3) is 11.8 Å². The number of anilines is 2. The number of thiophene rings is 1. The molecule has 176 valence electrons. The highest BCUT2D eigenvalue weighted by Crippen LogP contribution is 2.24. The van der Waals surface area contributed by atoms with Gasteiger partial charge in [0.15, 0.2) is 0 Å². The van der Waals surface area contributed by atoms with Crippen LogP contribution in [0, 0.1) is 5.82 Å². The summed E-state index contributed by atoms with van der Waals surface area (Å²) in [4.78, 5) is 50.4. The van der Waals surface area contributed by atoms with E-state index < -0.39 is 29.7 Å². The molecule has 4 N–H and O–H groups in total. The van der Waals surface area contributed by atoms with Crippen LogP contribution in [0.4, 0.5) is 20.6 Å². The monoisotopic (exact) mass is 497 g/mol. The third-order valence-corrected chi connectivity index (χ3v) is 5.85. The van der Waals surface area contributed by atoms with Gasteiger partial charge in [0, 0.05) is 25.8 Å². The Morgan fingerprint density at radius 2 is 2.06 bits per heavy atom. The molecule has 1 fully saturated rings. The van der Waals surface area contributed by atoms with Crippen LogP contribution in [0.15, 0.2) is 30.3 Å². The van der Waals surface area contributed by atoms with Crippen molar-refractivity contribution in [3.63, 3.8) is 0 Å². The lowest BCUT2D eigenvalue weighted by atomic mass is 10.2. The van der Waals surface area contributed by atoms with Gasteiger partial charge in [0.05, 0.1) is 21.5 Å². The summed E-state index contributed by atoms with van der Waals surface area (Å²) < 4.78 is 20.1. The van der Waals surface area contributed by atoms with Crippen LogP contribution in [0.25, 0.3) is 0 Å². The molecule has 2 heterocycles. The van der Waals surface area contributed by atoms with Crippen molar-refractivity contribution in [1.82, 2.24) is 16.0 Å². The molecule has 0 aliphatic carbocycles. The minimum Gasteiger partial charge on any atom is -0.370 e. The summed E-state index contributed by atoms with van der Waals surface area (Å²) >= 11 is 6.88.